The summed E-state index contributed by atoms with van der Waals surface area (Å²) in [7, 11) is 0. The first kappa shape index (κ1) is 16.7. The van der Waals surface area contributed by atoms with Crippen molar-refractivity contribution in [2.24, 2.45) is 0 Å². The monoisotopic (exact) mass is 292 g/mol. The topological polar surface area (TPSA) is 86.7 Å². The minimum absolute atomic E-state index is 0.182. The number of hydrogen-bond donors (Lipinski definition) is 2. The molecule has 0 aromatic heterocycles. The molecule has 1 unspecified atom stereocenters. The largest absolute Gasteiger partial charge is 0.480 e. The predicted octanol–water partition coefficient (Wildman–Crippen LogP) is 1.97. The van der Waals surface area contributed by atoms with E-state index in [9.17, 15) is 14.4 Å². The van der Waals surface area contributed by atoms with Crippen molar-refractivity contribution in [2.75, 3.05) is 11.9 Å². The lowest BCUT2D eigenvalue weighted by Gasteiger charge is -2.27. The highest BCUT2D eigenvalue weighted by atomic mass is 16.4. The lowest BCUT2D eigenvalue weighted by Crippen LogP contribution is -2.41. The number of nitrogens with zero attached hydrogens (tertiary/aromatic N) is 1. The van der Waals surface area contributed by atoms with Crippen molar-refractivity contribution in [3.8, 4) is 0 Å². The summed E-state index contributed by atoms with van der Waals surface area (Å²) in [6.07, 6.45) is 0.657. The molecule has 0 radical (unpaired) electrons. The quantitative estimate of drug-likeness (QED) is 0.839. The molecular formula is C15H20N2O4. The molecule has 0 spiro atoms. The van der Waals surface area contributed by atoms with Gasteiger partial charge in [-0.1, -0.05) is 13.0 Å². The van der Waals surface area contributed by atoms with Crippen LogP contribution in [0, 0.1) is 0 Å². The predicted molar refractivity (Wildman–Crippen MR) is 79.2 cm³/mol. The molecule has 1 aromatic carbocycles. The molecule has 0 saturated carbocycles. The summed E-state index contributed by atoms with van der Waals surface area (Å²) in [5, 5.41) is 11.5. The fourth-order valence-corrected chi connectivity index (χ4v) is 1.89. The SMILES string of the molecule is CCC(C)N(CC(=O)O)C(=O)c1cccc(NC(C)=O)c1. The summed E-state index contributed by atoms with van der Waals surface area (Å²) in [4.78, 5) is 35.8. The first-order valence-electron chi connectivity index (χ1n) is 6.75. The van der Waals surface area contributed by atoms with Gasteiger partial charge in [-0.15, -0.1) is 0 Å². The van der Waals surface area contributed by atoms with Crippen LogP contribution in [-0.4, -0.2) is 40.4 Å². The van der Waals surface area contributed by atoms with Crippen LogP contribution in [-0.2, 0) is 9.59 Å². The maximum Gasteiger partial charge on any atom is 0.323 e. The van der Waals surface area contributed by atoms with Crippen molar-refractivity contribution in [3.05, 3.63) is 29.8 Å². The Balaban J connectivity index is 3.02. The minimum Gasteiger partial charge on any atom is -0.480 e. The van der Waals surface area contributed by atoms with Gasteiger partial charge in [0, 0.05) is 24.2 Å². The number of anilines is 1. The van der Waals surface area contributed by atoms with Crippen molar-refractivity contribution < 1.29 is 19.5 Å². The van der Waals surface area contributed by atoms with Gasteiger partial charge < -0.3 is 15.3 Å². The van der Waals surface area contributed by atoms with Crippen molar-refractivity contribution in [3.63, 3.8) is 0 Å². The van der Waals surface area contributed by atoms with Crippen LogP contribution in [0.25, 0.3) is 0 Å². The fourth-order valence-electron chi connectivity index (χ4n) is 1.89. The number of nitrogens with one attached hydrogen (secondary N) is 1. The number of carbonyl (C=O) groups excluding carboxylic acids is 2. The second-order valence-electron chi connectivity index (χ2n) is 4.85. The van der Waals surface area contributed by atoms with Crippen LogP contribution >= 0.6 is 0 Å². The van der Waals surface area contributed by atoms with Gasteiger partial charge in [-0.3, -0.25) is 14.4 Å². The summed E-state index contributed by atoms with van der Waals surface area (Å²) in [5.41, 5.74) is 0.857. The second kappa shape index (κ2) is 7.42. The van der Waals surface area contributed by atoms with Crippen LogP contribution in [0.5, 0.6) is 0 Å². The molecule has 0 aliphatic heterocycles. The van der Waals surface area contributed by atoms with Gasteiger partial charge in [-0.25, -0.2) is 0 Å². The van der Waals surface area contributed by atoms with Gasteiger partial charge in [0.2, 0.25) is 5.91 Å². The molecule has 0 aliphatic rings. The lowest BCUT2D eigenvalue weighted by atomic mass is 10.1. The normalized spacial score (nSPS) is 11.6. The molecule has 1 atom stereocenters. The third-order valence-electron chi connectivity index (χ3n) is 3.12. The Morgan fingerprint density at radius 1 is 1.33 bits per heavy atom. The Kier molecular flexibility index (Phi) is 5.90. The maximum atomic E-state index is 12.5. The maximum absolute atomic E-state index is 12.5. The van der Waals surface area contributed by atoms with E-state index < -0.39 is 5.97 Å². The Bertz CT molecular complexity index is 542. The zero-order chi connectivity index (χ0) is 16.0. The molecule has 2 amide bonds. The molecule has 0 fully saturated rings. The van der Waals surface area contributed by atoms with E-state index in [1.165, 1.54) is 11.8 Å². The smallest absolute Gasteiger partial charge is 0.323 e. The lowest BCUT2D eigenvalue weighted by molar-refractivity contribution is -0.138. The zero-order valence-electron chi connectivity index (χ0n) is 12.4. The Morgan fingerprint density at radius 2 is 2.00 bits per heavy atom. The molecule has 2 N–H and O–H groups in total. The molecule has 0 aliphatic carbocycles. The molecule has 1 rings (SSSR count). The van der Waals surface area contributed by atoms with Gasteiger partial charge in [-0.05, 0) is 31.5 Å². The highest BCUT2D eigenvalue weighted by Crippen LogP contribution is 2.15. The molecule has 6 nitrogen and oxygen atoms in total. The summed E-state index contributed by atoms with van der Waals surface area (Å²) >= 11 is 0. The number of hydrogen-bond acceptors (Lipinski definition) is 3. The van der Waals surface area contributed by atoms with Crippen LogP contribution in [0.3, 0.4) is 0 Å². The van der Waals surface area contributed by atoms with E-state index in [2.05, 4.69) is 5.32 Å². The van der Waals surface area contributed by atoms with Crippen LogP contribution in [0.4, 0.5) is 5.69 Å². The molecule has 0 bridgehead atoms. The summed E-state index contributed by atoms with van der Waals surface area (Å²) in [5.74, 6) is -1.65. The van der Waals surface area contributed by atoms with E-state index in [0.29, 0.717) is 17.7 Å². The summed E-state index contributed by atoms with van der Waals surface area (Å²) in [6.45, 7) is 4.72. The third-order valence-corrected chi connectivity index (χ3v) is 3.12. The Morgan fingerprint density at radius 3 is 2.52 bits per heavy atom. The van der Waals surface area contributed by atoms with Gasteiger partial charge in [-0.2, -0.15) is 0 Å². The van der Waals surface area contributed by atoms with Gasteiger partial charge in [0.25, 0.3) is 5.91 Å². The van der Waals surface area contributed by atoms with Crippen molar-refractivity contribution in [2.45, 2.75) is 33.2 Å². The van der Waals surface area contributed by atoms with E-state index >= 15 is 0 Å². The van der Waals surface area contributed by atoms with Crippen molar-refractivity contribution in [1.29, 1.82) is 0 Å². The van der Waals surface area contributed by atoms with Crippen molar-refractivity contribution in [1.82, 2.24) is 4.90 Å². The highest BCUT2D eigenvalue weighted by Gasteiger charge is 2.23. The van der Waals surface area contributed by atoms with Crippen molar-refractivity contribution >= 4 is 23.5 Å². The third kappa shape index (κ3) is 4.91. The van der Waals surface area contributed by atoms with Gasteiger partial charge in [0.05, 0.1) is 0 Å². The van der Waals surface area contributed by atoms with Gasteiger partial charge in [0.1, 0.15) is 6.54 Å². The summed E-state index contributed by atoms with van der Waals surface area (Å²) < 4.78 is 0. The molecular weight excluding hydrogens is 272 g/mol. The van der Waals surface area contributed by atoms with E-state index in [-0.39, 0.29) is 24.4 Å². The minimum atomic E-state index is -1.05. The average Bonchev–Trinajstić information content (AvgIpc) is 2.42. The molecule has 21 heavy (non-hydrogen) atoms. The standard InChI is InChI=1S/C15H20N2O4/c1-4-10(2)17(9-14(19)20)15(21)12-6-5-7-13(8-12)16-11(3)18/h5-8,10H,4,9H2,1-3H3,(H,16,18)(H,19,20). The fraction of sp³-hybridized carbons (Fsp3) is 0.400. The number of carbonyl (C=O) groups is 3. The average molecular weight is 292 g/mol. The number of benzene rings is 1. The van der Waals surface area contributed by atoms with E-state index in [1.807, 2.05) is 6.92 Å². The molecule has 114 valence electrons. The second-order valence-corrected chi connectivity index (χ2v) is 4.85. The molecule has 1 aromatic rings. The van der Waals surface area contributed by atoms with Crippen LogP contribution in [0.1, 0.15) is 37.6 Å². The first-order chi connectivity index (χ1) is 9.85. The highest BCUT2D eigenvalue weighted by molar-refractivity contribution is 5.98. The molecule has 0 saturated heterocycles. The number of aliphatic carboxylic acids is 1. The first-order valence-corrected chi connectivity index (χ1v) is 6.75. The molecule has 6 heteroatoms. The zero-order valence-corrected chi connectivity index (χ0v) is 12.4. The van der Waals surface area contributed by atoms with Gasteiger partial charge in [0.15, 0.2) is 0 Å². The summed E-state index contributed by atoms with van der Waals surface area (Å²) in [6, 6.07) is 6.28. The molecule has 0 heterocycles. The van der Waals surface area contributed by atoms with E-state index in [0.717, 1.165) is 0 Å². The van der Waals surface area contributed by atoms with E-state index in [4.69, 9.17) is 5.11 Å². The van der Waals surface area contributed by atoms with Crippen LogP contribution < -0.4 is 5.32 Å². The number of rotatable bonds is 6. The van der Waals surface area contributed by atoms with Crippen LogP contribution in [0.15, 0.2) is 24.3 Å². The van der Waals surface area contributed by atoms with Gasteiger partial charge >= 0.3 is 5.97 Å². The number of amides is 2. The van der Waals surface area contributed by atoms with E-state index in [1.54, 1.807) is 31.2 Å². The Hall–Kier alpha value is -2.37. The Labute approximate surface area is 123 Å². The van der Waals surface area contributed by atoms with Crippen LogP contribution in [0.2, 0.25) is 0 Å². The number of carboxylic acids is 1. The number of carboxylic acid groups (broad SMARTS) is 1.